The minimum atomic E-state index is -0.102. The number of carbonyl (C=O) groups excluding carboxylic acids is 1. The zero-order chi connectivity index (χ0) is 15.6. The van der Waals surface area contributed by atoms with Gasteiger partial charge in [-0.3, -0.25) is 4.79 Å². The third kappa shape index (κ3) is 5.39. The van der Waals surface area contributed by atoms with Crippen LogP contribution in [0.2, 0.25) is 0 Å². The van der Waals surface area contributed by atoms with Crippen LogP contribution in [0.15, 0.2) is 54.6 Å². The van der Waals surface area contributed by atoms with Crippen molar-refractivity contribution in [2.24, 2.45) is 0 Å². The van der Waals surface area contributed by atoms with E-state index in [-0.39, 0.29) is 12.5 Å². The molecule has 1 amide bonds. The lowest BCUT2D eigenvalue weighted by molar-refractivity contribution is -0.115. The minimum absolute atomic E-state index is 0.102. The maximum atomic E-state index is 11.8. The highest BCUT2D eigenvalue weighted by molar-refractivity contribution is 5.92. The van der Waals surface area contributed by atoms with Crippen molar-refractivity contribution >= 4 is 11.6 Å². The second kappa shape index (κ2) is 8.60. The highest BCUT2D eigenvalue weighted by Crippen LogP contribution is 2.09. The third-order valence-electron chi connectivity index (χ3n) is 3.22. The second-order valence-electron chi connectivity index (χ2n) is 5.01. The standard InChI is InChI=1S/C18H19N3O/c19-13-16-8-4-10-17(12-16)21-18(22)14-20-11-5-9-15-6-2-1-3-7-15/h1-4,6-8,10,12,20H,5,9,11,14H2,(H,21,22). The number of anilines is 1. The molecule has 4 nitrogen and oxygen atoms in total. The zero-order valence-corrected chi connectivity index (χ0v) is 12.4. The molecule has 22 heavy (non-hydrogen) atoms. The Morgan fingerprint density at radius 1 is 1.09 bits per heavy atom. The Hall–Kier alpha value is -2.64. The molecule has 0 heterocycles. The largest absolute Gasteiger partial charge is 0.325 e. The van der Waals surface area contributed by atoms with E-state index in [1.165, 1.54) is 5.56 Å². The fraction of sp³-hybridized carbons (Fsp3) is 0.222. The van der Waals surface area contributed by atoms with Crippen molar-refractivity contribution in [3.63, 3.8) is 0 Å². The molecule has 0 unspecified atom stereocenters. The van der Waals surface area contributed by atoms with E-state index >= 15 is 0 Å². The molecule has 0 spiro atoms. The lowest BCUT2D eigenvalue weighted by atomic mass is 10.1. The number of rotatable bonds is 7. The van der Waals surface area contributed by atoms with Gasteiger partial charge in [0.25, 0.3) is 0 Å². The Balaban J connectivity index is 1.64. The average molecular weight is 293 g/mol. The van der Waals surface area contributed by atoms with Crippen molar-refractivity contribution < 1.29 is 4.79 Å². The molecule has 2 rings (SSSR count). The number of aryl methyl sites for hydroxylation is 1. The van der Waals surface area contributed by atoms with E-state index in [2.05, 4.69) is 22.8 Å². The number of nitriles is 1. The predicted octanol–water partition coefficient (Wildman–Crippen LogP) is 2.72. The van der Waals surface area contributed by atoms with Crippen molar-refractivity contribution in [1.29, 1.82) is 5.26 Å². The second-order valence-corrected chi connectivity index (χ2v) is 5.01. The summed E-state index contributed by atoms with van der Waals surface area (Å²) in [5.41, 5.74) is 2.49. The van der Waals surface area contributed by atoms with E-state index in [9.17, 15) is 4.79 Å². The van der Waals surface area contributed by atoms with Crippen LogP contribution in [0.3, 0.4) is 0 Å². The molecule has 0 saturated heterocycles. The molecule has 0 bridgehead atoms. The summed E-state index contributed by atoms with van der Waals surface area (Å²) in [6.45, 7) is 1.06. The number of carbonyl (C=O) groups is 1. The number of nitrogens with zero attached hydrogens (tertiary/aromatic N) is 1. The van der Waals surface area contributed by atoms with Gasteiger partial charge < -0.3 is 10.6 Å². The summed E-state index contributed by atoms with van der Waals surface area (Å²) in [5, 5.41) is 14.7. The van der Waals surface area contributed by atoms with Gasteiger partial charge in [-0.2, -0.15) is 5.26 Å². The van der Waals surface area contributed by atoms with Crippen molar-refractivity contribution in [3.05, 3.63) is 65.7 Å². The van der Waals surface area contributed by atoms with Crippen molar-refractivity contribution in [1.82, 2.24) is 5.32 Å². The van der Waals surface area contributed by atoms with E-state index in [0.29, 0.717) is 11.3 Å². The molecular formula is C18H19N3O. The first kappa shape index (κ1) is 15.7. The summed E-state index contributed by atoms with van der Waals surface area (Å²) >= 11 is 0. The number of hydrogen-bond acceptors (Lipinski definition) is 3. The molecule has 0 aliphatic carbocycles. The minimum Gasteiger partial charge on any atom is -0.325 e. The molecule has 0 radical (unpaired) electrons. The van der Waals surface area contributed by atoms with Gasteiger partial charge in [0.1, 0.15) is 0 Å². The molecule has 112 valence electrons. The molecule has 4 heteroatoms. The highest BCUT2D eigenvalue weighted by atomic mass is 16.1. The number of benzene rings is 2. The summed E-state index contributed by atoms with van der Waals surface area (Å²) in [4.78, 5) is 11.8. The molecule has 2 aromatic rings. The van der Waals surface area contributed by atoms with Gasteiger partial charge in [-0.25, -0.2) is 0 Å². The van der Waals surface area contributed by atoms with Crippen molar-refractivity contribution in [3.8, 4) is 6.07 Å². The molecule has 0 aromatic heterocycles. The van der Waals surface area contributed by atoms with Crippen molar-refractivity contribution in [2.45, 2.75) is 12.8 Å². The maximum Gasteiger partial charge on any atom is 0.238 e. The fourth-order valence-electron chi connectivity index (χ4n) is 2.14. The molecule has 0 saturated carbocycles. The number of hydrogen-bond donors (Lipinski definition) is 2. The lowest BCUT2D eigenvalue weighted by Gasteiger charge is -2.07. The Morgan fingerprint density at radius 3 is 2.68 bits per heavy atom. The normalized spacial score (nSPS) is 9.95. The van der Waals surface area contributed by atoms with Crippen LogP contribution >= 0.6 is 0 Å². The van der Waals surface area contributed by atoms with E-state index < -0.39 is 0 Å². The molecule has 2 aromatic carbocycles. The SMILES string of the molecule is N#Cc1cccc(NC(=O)CNCCCc2ccccc2)c1. The third-order valence-corrected chi connectivity index (χ3v) is 3.22. The van der Waals surface area contributed by atoms with Crippen LogP contribution in [-0.2, 0) is 11.2 Å². The van der Waals surface area contributed by atoms with Gasteiger partial charge in [-0.05, 0) is 43.1 Å². The van der Waals surface area contributed by atoms with E-state index in [0.717, 1.165) is 19.4 Å². The molecule has 0 atom stereocenters. The van der Waals surface area contributed by atoms with E-state index in [1.54, 1.807) is 24.3 Å². The van der Waals surface area contributed by atoms with Gasteiger partial charge in [-0.1, -0.05) is 36.4 Å². The Kier molecular flexibility index (Phi) is 6.16. The van der Waals surface area contributed by atoms with E-state index in [1.807, 2.05) is 24.3 Å². The highest BCUT2D eigenvalue weighted by Gasteiger charge is 2.02. The first-order chi connectivity index (χ1) is 10.8. The zero-order valence-electron chi connectivity index (χ0n) is 12.4. The molecule has 0 fully saturated rings. The monoisotopic (exact) mass is 293 g/mol. The predicted molar refractivity (Wildman–Crippen MR) is 87.4 cm³/mol. The first-order valence-corrected chi connectivity index (χ1v) is 7.32. The van der Waals surface area contributed by atoms with Gasteiger partial charge in [0, 0.05) is 5.69 Å². The van der Waals surface area contributed by atoms with Gasteiger partial charge in [-0.15, -0.1) is 0 Å². The van der Waals surface area contributed by atoms with E-state index in [4.69, 9.17) is 5.26 Å². The topological polar surface area (TPSA) is 64.9 Å². The number of amides is 1. The Morgan fingerprint density at radius 2 is 1.91 bits per heavy atom. The van der Waals surface area contributed by atoms with Gasteiger partial charge in [0.2, 0.25) is 5.91 Å². The van der Waals surface area contributed by atoms with Crippen LogP contribution in [0.25, 0.3) is 0 Å². The number of nitrogens with one attached hydrogen (secondary N) is 2. The molecule has 0 aliphatic heterocycles. The van der Waals surface area contributed by atoms with Gasteiger partial charge in [0.05, 0.1) is 18.2 Å². The van der Waals surface area contributed by atoms with Crippen LogP contribution in [0.1, 0.15) is 17.5 Å². The van der Waals surface area contributed by atoms with Gasteiger partial charge >= 0.3 is 0 Å². The lowest BCUT2D eigenvalue weighted by Crippen LogP contribution is -2.28. The summed E-state index contributed by atoms with van der Waals surface area (Å²) in [5.74, 6) is -0.102. The quantitative estimate of drug-likeness (QED) is 0.771. The summed E-state index contributed by atoms with van der Waals surface area (Å²) in [6.07, 6.45) is 1.99. The maximum absolute atomic E-state index is 11.8. The van der Waals surface area contributed by atoms with Crippen LogP contribution < -0.4 is 10.6 Å². The van der Waals surface area contributed by atoms with Crippen LogP contribution in [0.4, 0.5) is 5.69 Å². The van der Waals surface area contributed by atoms with Gasteiger partial charge in [0.15, 0.2) is 0 Å². The molecule has 2 N–H and O–H groups in total. The summed E-state index contributed by atoms with van der Waals surface area (Å²) < 4.78 is 0. The average Bonchev–Trinajstić information content (AvgIpc) is 2.55. The summed E-state index contributed by atoms with van der Waals surface area (Å²) in [6, 6.07) is 19.2. The Labute approximate surface area is 130 Å². The molecular weight excluding hydrogens is 274 g/mol. The van der Waals surface area contributed by atoms with Crippen LogP contribution in [0.5, 0.6) is 0 Å². The Bertz CT molecular complexity index is 647. The smallest absolute Gasteiger partial charge is 0.238 e. The molecule has 0 aliphatic rings. The fourth-order valence-corrected chi connectivity index (χ4v) is 2.14. The summed E-state index contributed by atoms with van der Waals surface area (Å²) in [7, 11) is 0. The first-order valence-electron chi connectivity index (χ1n) is 7.32. The van der Waals surface area contributed by atoms with Crippen molar-refractivity contribution in [2.75, 3.05) is 18.4 Å². The van der Waals surface area contributed by atoms with Crippen LogP contribution in [0, 0.1) is 11.3 Å². The van der Waals surface area contributed by atoms with Crippen LogP contribution in [-0.4, -0.2) is 19.0 Å².